The lowest BCUT2D eigenvalue weighted by Crippen LogP contribution is -2.36. The summed E-state index contributed by atoms with van der Waals surface area (Å²) in [4.78, 5) is 139. The molecule has 6 atom stereocenters. The van der Waals surface area contributed by atoms with E-state index in [0.717, 1.165) is 108 Å². The smallest absolute Gasteiger partial charge is 0.370 e. The molecule has 0 aromatic heterocycles. The van der Waals surface area contributed by atoms with E-state index in [2.05, 4.69) is 68.3 Å². The zero-order chi connectivity index (χ0) is 81.0. The van der Waals surface area contributed by atoms with Crippen LogP contribution in [-0.4, -0.2) is 207 Å². The average molecular weight is 1510 g/mol. The maximum Gasteiger partial charge on any atom is 0.425 e. The maximum atomic E-state index is 11.1. The van der Waals surface area contributed by atoms with Crippen LogP contribution in [0.3, 0.4) is 0 Å². The minimum atomic E-state index is -3.11. The molecule has 15 N–H and O–H groups in total. The Hall–Kier alpha value is -9.34. The van der Waals surface area contributed by atoms with Crippen LogP contribution in [0.15, 0.2) is 60.7 Å². The summed E-state index contributed by atoms with van der Waals surface area (Å²) in [5, 5.41) is 19.6. The van der Waals surface area contributed by atoms with Crippen molar-refractivity contribution < 1.29 is 75.0 Å². The van der Waals surface area contributed by atoms with Crippen LogP contribution in [0.5, 0.6) is 0 Å². The normalized spacial score (nSPS) is 18.1. The van der Waals surface area contributed by atoms with Gasteiger partial charge in [0.1, 0.15) is 0 Å². The summed E-state index contributed by atoms with van der Waals surface area (Å²) >= 11 is 0. The van der Waals surface area contributed by atoms with Crippen LogP contribution < -0.4 is 65.4 Å². The van der Waals surface area contributed by atoms with Gasteiger partial charge in [0.05, 0.1) is 5.54 Å². The summed E-state index contributed by atoms with van der Waals surface area (Å²) in [7, 11) is 5.89. The molecule has 6 unspecified atom stereocenters. The topological polar surface area (TPSA) is 468 Å². The highest BCUT2D eigenvalue weighted by Crippen LogP contribution is 2.29. The van der Waals surface area contributed by atoms with Crippen LogP contribution in [0.1, 0.15) is 191 Å². The fraction of sp³-hybridized carbons (Fsp3) is 0.662. The van der Waals surface area contributed by atoms with Gasteiger partial charge in [-0.2, -0.15) is 5.48 Å². The number of likely N-dealkylation sites (N-methyl/N-ethyl adjacent to an activating group) is 5. The summed E-state index contributed by atoms with van der Waals surface area (Å²) in [5.41, 5.74) is 16.0. The van der Waals surface area contributed by atoms with Crippen molar-refractivity contribution >= 4 is 88.4 Å². The van der Waals surface area contributed by atoms with Gasteiger partial charge in [-0.25, -0.2) is 29.8 Å². The third kappa shape index (κ3) is 56.8. The Morgan fingerprint density at radius 1 is 0.629 bits per heavy atom. The zero-order valence-corrected chi connectivity index (χ0v) is 66.3. The number of hydrogen-bond acceptors (Lipinski definition) is 17. The van der Waals surface area contributed by atoms with E-state index in [0.29, 0.717) is 56.3 Å². The van der Waals surface area contributed by atoms with E-state index in [4.69, 9.17) is 29.9 Å². The highest BCUT2D eigenvalue weighted by Gasteiger charge is 2.32. The Kier molecular flexibility index (Phi) is 60.3. The monoisotopic (exact) mass is 1510 g/mol. The van der Waals surface area contributed by atoms with E-state index in [1.54, 1.807) is 45.6 Å². The number of carbonyl (C=O) groups excluding carboxylic acids is 12. The van der Waals surface area contributed by atoms with Crippen LogP contribution >= 0.6 is 0 Å². The SMILES string of the molecule is CC1CCCCC1C(N)=O.CC1CN(C)C(=O)N1.CCC(C)C(=O)NN.CCC1CN(C)C(=O)N1.CCCC(=O)NCc1ccccc1.CCCC(=O)NOC=O.CCCC(=O)Nc1ccccc1.CCCC(N)=O.CCCC1CN(C)C(=O)N1.CN1CC(C)(C)NC1=O.CN1CCNC1=O.O=S(=O)=O. The van der Waals surface area contributed by atoms with Gasteiger partial charge in [0.15, 0.2) is 0 Å². The molecule has 8 rings (SSSR count). The second-order valence-corrected chi connectivity index (χ2v) is 26.4. The van der Waals surface area contributed by atoms with Gasteiger partial charge in [0, 0.05) is 142 Å². The standard InChI is InChI=1S/C11H15NO.C10H13NO.C8H15NO.C7H14N2O.2C6H12N2O.C5H10N2O.C5H12N2O.C5H9NO3.C4H8N2O.C4H9NO.O3S/c1-2-6-11(13)12-9-10-7-4-3-5-8-10;1-2-6-10(12)11-9-7-4-3-5-8-9;1-6-4-2-3-5-7(6)8(9)10;1-3-4-6-5-9(2)7(10)8-6;1-6(2)4-8(3)5(9)7-6;1-3-5-4-8(2)6(9)7-5;1-4-3-7(2)5(8)6-4;1-3-4(2)5(8)7-6;1-2-3-5(8)6-9-4-7;1-6-3-2-5-4(6)7;1-2-3-4(5)6;1-4(2)3/h3-5,7-8H,2,6,9H2,1H3,(H,12,13);3-5,7-8H,2,6H2,1H3,(H,11,12);6-7H,2-5H2,1H3,(H2,9,10);6H,3-5H2,1-2H3,(H,8,10);4H2,1-3H3,(H,7,9);5H,3-4H2,1-2H3,(H,7,9);4H,3H2,1-2H3,(H,6,8);4H,3,6H2,1-2H3,(H,7,8);4H,2-3H2,1H3,(H,6,8);2-3H2,1H3,(H,5,7);2-3H2,1H3,(H2,5,6);. The molecule has 1 aliphatic carbocycles. The Bertz CT molecular complexity index is 2910. The number of para-hydroxylation sites is 1. The van der Waals surface area contributed by atoms with Crippen LogP contribution in [0.2, 0.25) is 0 Å². The third-order valence-electron chi connectivity index (χ3n) is 15.4. The Balaban J connectivity index is -0.000000534. The number of rotatable bonds is 19. The van der Waals surface area contributed by atoms with Gasteiger partial charge in [0.2, 0.25) is 29.5 Å². The van der Waals surface area contributed by atoms with Gasteiger partial charge in [-0.15, -0.1) is 12.6 Å². The number of anilines is 1. The number of hydrogen-bond donors (Lipinski definition) is 12. The van der Waals surface area contributed by atoms with E-state index in [1.807, 2.05) is 143 Å². The van der Waals surface area contributed by atoms with Crippen molar-refractivity contribution in [3.63, 3.8) is 0 Å². The minimum Gasteiger partial charge on any atom is -0.370 e. The molecule has 0 radical (unpaired) electrons. The van der Waals surface area contributed by atoms with Crippen molar-refractivity contribution in [2.24, 2.45) is 35.1 Å². The van der Waals surface area contributed by atoms with Crippen LogP contribution in [0.4, 0.5) is 29.7 Å². The third-order valence-corrected chi connectivity index (χ3v) is 15.4. The molecular weight excluding hydrogens is 1380 g/mol. The van der Waals surface area contributed by atoms with Crippen molar-refractivity contribution in [1.82, 2.24) is 67.3 Å². The highest BCUT2D eigenvalue weighted by molar-refractivity contribution is 7.59. The number of carbonyl (C=O) groups is 12. The summed E-state index contributed by atoms with van der Waals surface area (Å²) in [5.74, 6) is 5.11. The van der Waals surface area contributed by atoms with E-state index in [-0.39, 0.29) is 89.4 Å². The minimum absolute atomic E-state index is 0.0278. The van der Waals surface area contributed by atoms with Gasteiger partial charge < -0.3 is 78.0 Å². The molecule has 2 aromatic carbocycles. The number of hydroxylamine groups is 1. The van der Waals surface area contributed by atoms with Gasteiger partial charge in [-0.3, -0.25) is 39.0 Å². The molecule has 34 heteroatoms. The van der Waals surface area contributed by atoms with Gasteiger partial charge >= 0.3 is 47.2 Å². The van der Waals surface area contributed by atoms with Crippen molar-refractivity contribution in [2.75, 3.05) is 79.8 Å². The van der Waals surface area contributed by atoms with Crippen molar-refractivity contribution in [1.29, 1.82) is 0 Å². The summed E-state index contributed by atoms with van der Waals surface area (Å²) in [6.45, 7) is 29.7. The van der Waals surface area contributed by atoms with Crippen molar-refractivity contribution in [3.8, 4) is 0 Å². The van der Waals surface area contributed by atoms with Crippen molar-refractivity contribution in [3.05, 3.63) is 66.2 Å². The fourth-order valence-electron chi connectivity index (χ4n) is 9.51. The number of nitrogens with one attached hydrogen (secondary N) is 9. The second kappa shape index (κ2) is 62.1. The molecule has 5 heterocycles. The van der Waals surface area contributed by atoms with E-state index in [9.17, 15) is 57.5 Å². The Morgan fingerprint density at radius 3 is 1.41 bits per heavy atom. The number of hydrazine groups is 1. The average Bonchev–Trinajstić information content (AvgIpc) is 1.90. The van der Waals surface area contributed by atoms with Gasteiger partial charge in [-0.05, 0) is 102 Å². The molecule has 5 aliphatic heterocycles. The first-order valence-electron chi connectivity index (χ1n) is 35.8. The number of amides is 16. The molecule has 600 valence electrons. The molecule has 6 aliphatic rings. The summed E-state index contributed by atoms with van der Waals surface area (Å²) in [6, 6.07) is 20.8. The number of benzene rings is 2. The lowest BCUT2D eigenvalue weighted by Gasteiger charge is -2.25. The largest absolute Gasteiger partial charge is 0.425 e. The molecule has 0 spiro atoms. The molecule has 16 amide bonds. The zero-order valence-electron chi connectivity index (χ0n) is 65.5. The molecule has 33 nitrogen and oxygen atoms in total. The molecule has 2 aromatic rings. The quantitative estimate of drug-likeness (QED) is 0.0312. The predicted octanol–water partition coefficient (Wildman–Crippen LogP) is 6.43. The van der Waals surface area contributed by atoms with Gasteiger partial charge in [-0.1, -0.05) is 130 Å². The van der Waals surface area contributed by atoms with E-state index in [1.165, 1.54) is 19.3 Å². The number of nitrogens with zero attached hydrogens (tertiary/aromatic N) is 5. The molecule has 105 heavy (non-hydrogen) atoms. The lowest BCUT2D eigenvalue weighted by molar-refractivity contribution is -0.146. The molecule has 0 bridgehead atoms. The van der Waals surface area contributed by atoms with Crippen molar-refractivity contribution in [2.45, 2.75) is 216 Å². The first-order valence-corrected chi connectivity index (χ1v) is 36.8. The van der Waals surface area contributed by atoms with Crippen LogP contribution in [0.25, 0.3) is 0 Å². The van der Waals surface area contributed by atoms with E-state index < -0.39 is 10.6 Å². The van der Waals surface area contributed by atoms with E-state index >= 15 is 0 Å². The first kappa shape index (κ1) is 102. The lowest BCUT2D eigenvalue weighted by atomic mass is 9.80. The number of primary amides is 2. The Morgan fingerprint density at radius 2 is 1.11 bits per heavy atom. The first-order chi connectivity index (χ1) is 49.4. The number of nitrogens with two attached hydrogens (primary N) is 3. The van der Waals surface area contributed by atoms with Crippen LogP contribution in [0, 0.1) is 17.8 Å². The predicted molar refractivity (Wildman–Crippen MR) is 406 cm³/mol. The molecule has 1 saturated carbocycles. The molecular formula is C71H129N17O16S. The van der Waals surface area contributed by atoms with Crippen LogP contribution in [-0.2, 0) is 55.6 Å². The highest BCUT2D eigenvalue weighted by atomic mass is 32.2. The van der Waals surface area contributed by atoms with Gasteiger partial charge in [0.25, 0.3) is 5.91 Å². The fourth-order valence-corrected chi connectivity index (χ4v) is 9.51. The number of urea groups is 5. The summed E-state index contributed by atoms with van der Waals surface area (Å²) < 4.78 is 25.3. The second-order valence-electron chi connectivity index (χ2n) is 26.0. The molecule has 6 fully saturated rings. The summed E-state index contributed by atoms with van der Waals surface area (Å²) in [6.07, 6.45) is 14.2. The Labute approximate surface area is 625 Å². The maximum absolute atomic E-state index is 11.1. The molecule has 5 saturated heterocycles.